The fourth-order valence-corrected chi connectivity index (χ4v) is 6.20. The SMILES string of the molecule is O=c1[nH]c2cc3c(cc2cc1[C@@H](c1nnnn1C1CCCCC1)N1CCSCC1)OCCO3. The summed E-state index contributed by atoms with van der Waals surface area (Å²) in [6, 6.07) is 5.80. The van der Waals surface area contributed by atoms with Gasteiger partial charge in [0.1, 0.15) is 19.3 Å². The van der Waals surface area contributed by atoms with Gasteiger partial charge < -0.3 is 14.5 Å². The zero-order valence-corrected chi connectivity index (χ0v) is 19.4. The van der Waals surface area contributed by atoms with Crippen molar-refractivity contribution in [2.24, 2.45) is 0 Å². The van der Waals surface area contributed by atoms with Gasteiger partial charge in [-0.05, 0) is 35.4 Å². The fraction of sp³-hybridized carbons (Fsp3) is 0.565. The summed E-state index contributed by atoms with van der Waals surface area (Å²) in [6.45, 7) is 2.83. The van der Waals surface area contributed by atoms with Gasteiger partial charge in [0.2, 0.25) is 0 Å². The van der Waals surface area contributed by atoms with Gasteiger partial charge in [-0.15, -0.1) is 5.10 Å². The van der Waals surface area contributed by atoms with Crippen LogP contribution >= 0.6 is 11.8 Å². The van der Waals surface area contributed by atoms with Gasteiger partial charge in [0, 0.05) is 41.6 Å². The summed E-state index contributed by atoms with van der Waals surface area (Å²) in [7, 11) is 0. The zero-order chi connectivity index (χ0) is 22.2. The Morgan fingerprint density at radius 3 is 2.58 bits per heavy atom. The fourth-order valence-electron chi connectivity index (χ4n) is 5.26. The second kappa shape index (κ2) is 8.98. The highest BCUT2D eigenvalue weighted by Gasteiger charge is 2.33. The molecule has 2 aromatic heterocycles. The lowest BCUT2D eigenvalue weighted by Crippen LogP contribution is -2.40. The second-order valence-electron chi connectivity index (χ2n) is 8.96. The van der Waals surface area contributed by atoms with Gasteiger partial charge in [-0.1, -0.05) is 19.3 Å². The van der Waals surface area contributed by atoms with Crippen molar-refractivity contribution in [2.75, 3.05) is 37.8 Å². The van der Waals surface area contributed by atoms with E-state index in [0.29, 0.717) is 36.3 Å². The molecule has 1 saturated heterocycles. The number of tetrazole rings is 1. The molecule has 9 nitrogen and oxygen atoms in total. The molecule has 3 aromatic rings. The number of hydrogen-bond donors (Lipinski definition) is 1. The first kappa shape index (κ1) is 21.0. The number of aromatic nitrogens is 5. The summed E-state index contributed by atoms with van der Waals surface area (Å²) in [4.78, 5) is 18.9. The van der Waals surface area contributed by atoms with Crippen molar-refractivity contribution in [1.82, 2.24) is 30.1 Å². The Bertz CT molecular complexity index is 1200. The lowest BCUT2D eigenvalue weighted by molar-refractivity contribution is 0.172. The Hall–Kier alpha value is -2.59. The summed E-state index contributed by atoms with van der Waals surface area (Å²) in [6.07, 6.45) is 5.81. The Balaban J connectivity index is 1.47. The molecule has 0 amide bonds. The number of nitrogens with one attached hydrogen (secondary N) is 1. The minimum atomic E-state index is -0.288. The van der Waals surface area contributed by atoms with E-state index in [1.165, 1.54) is 19.3 Å². The molecule has 1 aromatic carbocycles. The molecule has 1 N–H and O–H groups in total. The average Bonchev–Trinajstić information content (AvgIpc) is 3.34. The van der Waals surface area contributed by atoms with Crippen LogP contribution in [0.4, 0.5) is 0 Å². The minimum Gasteiger partial charge on any atom is -0.486 e. The number of nitrogens with zero attached hydrogens (tertiary/aromatic N) is 5. The molecule has 33 heavy (non-hydrogen) atoms. The van der Waals surface area contributed by atoms with Gasteiger partial charge >= 0.3 is 0 Å². The van der Waals surface area contributed by atoms with Crippen LogP contribution in [0, 0.1) is 0 Å². The highest BCUT2D eigenvalue weighted by Crippen LogP contribution is 2.36. The Labute approximate surface area is 195 Å². The Kier molecular flexibility index (Phi) is 5.71. The van der Waals surface area contributed by atoms with Gasteiger partial charge in [-0.2, -0.15) is 11.8 Å². The van der Waals surface area contributed by atoms with Crippen LogP contribution in [0.3, 0.4) is 0 Å². The topological polar surface area (TPSA) is 98.2 Å². The first-order chi connectivity index (χ1) is 16.3. The van der Waals surface area contributed by atoms with Crippen LogP contribution in [0.5, 0.6) is 11.5 Å². The Morgan fingerprint density at radius 1 is 1.03 bits per heavy atom. The molecule has 2 aliphatic heterocycles. The predicted octanol–water partition coefficient (Wildman–Crippen LogP) is 2.93. The van der Waals surface area contributed by atoms with E-state index in [0.717, 1.165) is 54.2 Å². The monoisotopic (exact) mass is 468 g/mol. The maximum absolute atomic E-state index is 13.4. The van der Waals surface area contributed by atoms with E-state index in [4.69, 9.17) is 9.47 Å². The zero-order valence-electron chi connectivity index (χ0n) is 18.5. The van der Waals surface area contributed by atoms with E-state index < -0.39 is 0 Å². The van der Waals surface area contributed by atoms with E-state index in [1.54, 1.807) is 0 Å². The smallest absolute Gasteiger partial charge is 0.253 e. The van der Waals surface area contributed by atoms with Crippen LogP contribution in [0.1, 0.15) is 55.6 Å². The second-order valence-corrected chi connectivity index (χ2v) is 10.2. The van der Waals surface area contributed by atoms with Crippen LogP contribution in [-0.4, -0.2) is 67.9 Å². The third-order valence-electron chi connectivity index (χ3n) is 6.92. The van der Waals surface area contributed by atoms with E-state index in [9.17, 15) is 4.79 Å². The number of hydrogen-bond acceptors (Lipinski definition) is 8. The summed E-state index contributed by atoms with van der Waals surface area (Å²) in [5.74, 6) is 4.22. The van der Waals surface area contributed by atoms with Crippen molar-refractivity contribution in [2.45, 2.75) is 44.2 Å². The summed E-state index contributed by atoms with van der Waals surface area (Å²) < 4.78 is 13.5. The molecule has 3 aliphatic rings. The van der Waals surface area contributed by atoms with E-state index >= 15 is 0 Å². The van der Waals surface area contributed by atoms with Crippen LogP contribution < -0.4 is 15.0 Å². The summed E-state index contributed by atoms with van der Waals surface area (Å²) >= 11 is 1.95. The van der Waals surface area contributed by atoms with Gasteiger partial charge in [0.25, 0.3) is 5.56 Å². The van der Waals surface area contributed by atoms with Crippen molar-refractivity contribution in [1.29, 1.82) is 0 Å². The number of fused-ring (bicyclic) bond motifs is 2. The molecule has 0 unspecified atom stereocenters. The third-order valence-corrected chi connectivity index (χ3v) is 7.87. The molecule has 0 radical (unpaired) electrons. The predicted molar refractivity (Wildman–Crippen MR) is 126 cm³/mol. The molecule has 1 saturated carbocycles. The van der Waals surface area contributed by atoms with Crippen LogP contribution in [0.25, 0.3) is 10.9 Å². The van der Waals surface area contributed by atoms with Crippen molar-refractivity contribution in [3.05, 3.63) is 39.9 Å². The first-order valence-corrected chi connectivity index (χ1v) is 13.0. The van der Waals surface area contributed by atoms with Gasteiger partial charge in [0.05, 0.1) is 11.6 Å². The summed E-state index contributed by atoms with van der Waals surface area (Å²) in [5, 5.41) is 13.9. The Morgan fingerprint density at radius 2 is 1.79 bits per heavy atom. The van der Waals surface area contributed by atoms with Crippen LogP contribution in [-0.2, 0) is 0 Å². The van der Waals surface area contributed by atoms with Crippen molar-refractivity contribution in [3.63, 3.8) is 0 Å². The summed E-state index contributed by atoms with van der Waals surface area (Å²) in [5.41, 5.74) is 1.31. The molecular weight excluding hydrogens is 440 g/mol. The van der Waals surface area contributed by atoms with E-state index in [-0.39, 0.29) is 11.6 Å². The highest BCUT2D eigenvalue weighted by atomic mass is 32.2. The normalized spacial score (nSPS) is 20.7. The first-order valence-electron chi connectivity index (χ1n) is 11.8. The number of rotatable bonds is 4. The highest BCUT2D eigenvalue weighted by molar-refractivity contribution is 7.99. The lowest BCUT2D eigenvalue weighted by Gasteiger charge is -2.34. The molecule has 10 heteroatoms. The molecule has 0 bridgehead atoms. The van der Waals surface area contributed by atoms with E-state index in [2.05, 4.69) is 25.4 Å². The maximum Gasteiger partial charge on any atom is 0.253 e. The van der Waals surface area contributed by atoms with Crippen LogP contribution in [0.15, 0.2) is 23.0 Å². The van der Waals surface area contributed by atoms with Crippen molar-refractivity contribution >= 4 is 22.7 Å². The molecule has 4 heterocycles. The largest absolute Gasteiger partial charge is 0.486 e. The average molecular weight is 469 g/mol. The van der Waals surface area contributed by atoms with Crippen LogP contribution in [0.2, 0.25) is 0 Å². The van der Waals surface area contributed by atoms with E-state index in [1.807, 2.05) is 34.6 Å². The van der Waals surface area contributed by atoms with Gasteiger partial charge in [-0.25, -0.2) is 4.68 Å². The quantitative estimate of drug-likeness (QED) is 0.624. The molecule has 2 fully saturated rings. The number of aromatic amines is 1. The van der Waals surface area contributed by atoms with Gasteiger partial charge in [0.15, 0.2) is 17.3 Å². The van der Waals surface area contributed by atoms with Crippen molar-refractivity contribution in [3.8, 4) is 11.5 Å². The number of pyridine rings is 1. The standard InChI is InChI=1S/C23H28N6O3S/c30-23-17(12-15-13-19-20(14-18(15)24-23)32-9-8-31-19)21(28-6-10-33-11-7-28)22-25-26-27-29(22)16-4-2-1-3-5-16/h12-14,16,21H,1-11H2,(H,24,30)/t21-/m0/s1. The number of benzene rings is 1. The molecule has 0 spiro atoms. The molecular formula is C23H28N6O3S. The number of H-pyrrole nitrogens is 1. The third kappa shape index (κ3) is 3.99. The molecule has 1 atom stereocenters. The van der Waals surface area contributed by atoms with Gasteiger partial charge in [-0.3, -0.25) is 9.69 Å². The minimum absolute atomic E-state index is 0.111. The molecule has 174 valence electrons. The molecule has 6 rings (SSSR count). The maximum atomic E-state index is 13.4. The molecule has 1 aliphatic carbocycles. The number of thioether (sulfide) groups is 1. The lowest BCUT2D eigenvalue weighted by atomic mass is 9.95. The number of ether oxygens (including phenoxy) is 2. The van der Waals surface area contributed by atoms with Crippen molar-refractivity contribution < 1.29 is 9.47 Å².